The highest BCUT2D eigenvalue weighted by Gasteiger charge is 2.16. The van der Waals surface area contributed by atoms with Crippen LogP contribution in [0.3, 0.4) is 0 Å². The molecular weight excluding hydrogens is 364 g/mol. The summed E-state index contributed by atoms with van der Waals surface area (Å²) < 4.78 is 0. The Bertz CT molecular complexity index is 677. The minimum atomic E-state index is -0.317. The largest absolute Gasteiger partial charge is 0.352 e. The van der Waals surface area contributed by atoms with Gasteiger partial charge in [0, 0.05) is 36.6 Å². The predicted octanol–water partition coefficient (Wildman–Crippen LogP) is 2.93. The molecule has 148 valence electrons. The van der Waals surface area contributed by atoms with Crippen LogP contribution in [-0.4, -0.2) is 36.0 Å². The number of hydrogen-bond donors (Lipinski definition) is 2. The Morgan fingerprint density at radius 2 is 1.67 bits per heavy atom. The Hall–Kier alpha value is -2.02. The predicted molar refractivity (Wildman–Crippen MR) is 105 cm³/mol. The third-order valence-electron chi connectivity index (χ3n) is 4.69. The molecule has 1 heterocycles. The lowest BCUT2D eigenvalue weighted by Crippen LogP contribution is -2.42. The molecule has 7 heteroatoms. The molecule has 1 aliphatic carbocycles. The molecule has 6 nitrogen and oxygen atoms in total. The third-order valence-corrected chi connectivity index (χ3v) is 5.74. The van der Waals surface area contributed by atoms with E-state index in [4.69, 9.17) is 0 Å². The molecule has 1 aromatic rings. The van der Waals surface area contributed by atoms with Gasteiger partial charge in [-0.2, -0.15) is 0 Å². The highest BCUT2D eigenvalue weighted by molar-refractivity contribution is 7.14. The van der Waals surface area contributed by atoms with Gasteiger partial charge in [0.05, 0.1) is 11.4 Å². The maximum absolute atomic E-state index is 12.0. The second-order valence-electron chi connectivity index (χ2n) is 7.05. The van der Waals surface area contributed by atoms with Crippen LogP contribution in [0.5, 0.6) is 0 Å². The molecule has 1 saturated carbocycles. The lowest BCUT2D eigenvalue weighted by molar-refractivity contribution is -0.127. The monoisotopic (exact) mass is 392 g/mol. The molecule has 0 spiro atoms. The van der Waals surface area contributed by atoms with Gasteiger partial charge in [-0.05, 0) is 31.9 Å². The Kier molecular flexibility index (Phi) is 8.64. The van der Waals surface area contributed by atoms with Crippen molar-refractivity contribution in [3.05, 3.63) is 21.9 Å². The number of thiophene rings is 1. The summed E-state index contributed by atoms with van der Waals surface area (Å²) in [5.74, 6) is -0.649. The van der Waals surface area contributed by atoms with Crippen molar-refractivity contribution in [3.8, 4) is 0 Å². The number of carbonyl (C=O) groups is 4. The zero-order valence-electron chi connectivity index (χ0n) is 15.8. The van der Waals surface area contributed by atoms with E-state index in [9.17, 15) is 19.2 Å². The summed E-state index contributed by atoms with van der Waals surface area (Å²) in [4.78, 5) is 49.2. The summed E-state index contributed by atoms with van der Waals surface area (Å²) in [6.45, 7) is 1.88. The molecule has 0 radical (unpaired) electrons. The number of rotatable bonds is 10. The standard InChI is InChI=1S/C20H28N2O4S/c1-14-7-11-18(27-14)17(24)10-8-16(23)9-12-19(25)21-13-20(26)22-15-5-3-2-4-6-15/h7,11,15H,2-6,8-10,12-13H2,1H3,(H,21,25)(H,22,26). The lowest BCUT2D eigenvalue weighted by atomic mass is 9.95. The van der Waals surface area contributed by atoms with Crippen LogP contribution in [0.4, 0.5) is 0 Å². The molecule has 0 atom stereocenters. The van der Waals surface area contributed by atoms with Crippen molar-refractivity contribution >= 4 is 34.7 Å². The van der Waals surface area contributed by atoms with E-state index in [0.717, 1.165) is 30.6 Å². The molecule has 0 aromatic carbocycles. The van der Waals surface area contributed by atoms with Crippen molar-refractivity contribution in [2.45, 2.75) is 70.8 Å². The lowest BCUT2D eigenvalue weighted by Gasteiger charge is -2.22. The van der Waals surface area contributed by atoms with Gasteiger partial charge in [0.2, 0.25) is 11.8 Å². The van der Waals surface area contributed by atoms with Crippen LogP contribution in [0.1, 0.15) is 72.3 Å². The van der Waals surface area contributed by atoms with Gasteiger partial charge in [0.15, 0.2) is 5.78 Å². The zero-order chi connectivity index (χ0) is 19.6. The van der Waals surface area contributed by atoms with Crippen LogP contribution < -0.4 is 10.6 Å². The number of ketones is 2. The Morgan fingerprint density at radius 1 is 0.963 bits per heavy atom. The van der Waals surface area contributed by atoms with Crippen LogP contribution in [0, 0.1) is 6.92 Å². The highest BCUT2D eigenvalue weighted by atomic mass is 32.1. The average molecular weight is 393 g/mol. The van der Waals surface area contributed by atoms with Gasteiger partial charge in [-0.1, -0.05) is 19.3 Å². The first-order valence-electron chi connectivity index (χ1n) is 9.61. The van der Waals surface area contributed by atoms with Gasteiger partial charge >= 0.3 is 0 Å². The Labute approximate surface area is 164 Å². The number of amides is 2. The van der Waals surface area contributed by atoms with Gasteiger partial charge < -0.3 is 10.6 Å². The molecule has 1 aliphatic rings. The van der Waals surface area contributed by atoms with E-state index >= 15 is 0 Å². The minimum Gasteiger partial charge on any atom is -0.352 e. The molecule has 0 saturated heterocycles. The van der Waals surface area contributed by atoms with E-state index in [-0.39, 0.29) is 61.7 Å². The molecule has 1 fully saturated rings. The molecule has 2 N–H and O–H groups in total. The van der Waals surface area contributed by atoms with Crippen LogP contribution in [0.15, 0.2) is 12.1 Å². The van der Waals surface area contributed by atoms with Crippen LogP contribution >= 0.6 is 11.3 Å². The average Bonchev–Trinajstić information content (AvgIpc) is 3.10. The van der Waals surface area contributed by atoms with Crippen molar-refractivity contribution < 1.29 is 19.2 Å². The second kappa shape index (κ2) is 11.0. The fraction of sp³-hybridized carbons (Fsp3) is 0.600. The highest BCUT2D eigenvalue weighted by Crippen LogP contribution is 2.18. The van der Waals surface area contributed by atoms with E-state index in [1.807, 2.05) is 13.0 Å². The van der Waals surface area contributed by atoms with Crippen LogP contribution in [-0.2, 0) is 14.4 Å². The fourth-order valence-corrected chi connectivity index (χ4v) is 3.97. The molecule has 27 heavy (non-hydrogen) atoms. The van der Waals surface area contributed by atoms with Gasteiger partial charge in [-0.25, -0.2) is 0 Å². The normalized spacial score (nSPS) is 14.6. The van der Waals surface area contributed by atoms with Crippen LogP contribution in [0.2, 0.25) is 0 Å². The third kappa shape index (κ3) is 8.03. The molecule has 2 amide bonds. The van der Waals surface area contributed by atoms with Crippen molar-refractivity contribution in [2.24, 2.45) is 0 Å². The number of nitrogens with one attached hydrogen (secondary N) is 2. The maximum Gasteiger partial charge on any atom is 0.239 e. The second-order valence-corrected chi connectivity index (χ2v) is 8.34. The number of Topliss-reactive ketones (excluding diaryl/α,β-unsaturated/α-hetero) is 2. The number of hydrogen-bond acceptors (Lipinski definition) is 5. The summed E-state index contributed by atoms with van der Waals surface area (Å²) in [6.07, 6.45) is 5.93. The molecule has 1 aromatic heterocycles. The van der Waals surface area contributed by atoms with E-state index in [1.165, 1.54) is 17.8 Å². The molecule has 0 bridgehead atoms. The molecule has 0 unspecified atom stereocenters. The SMILES string of the molecule is Cc1ccc(C(=O)CCC(=O)CCC(=O)NCC(=O)NC2CCCCC2)s1. The topological polar surface area (TPSA) is 92.3 Å². The summed E-state index contributed by atoms with van der Waals surface area (Å²) >= 11 is 1.42. The quantitative estimate of drug-likeness (QED) is 0.599. The first kappa shape index (κ1) is 21.3. The van der Waals surface area contributed by atoms with E-state index in [0.29, 0.717) is 4.88 Å². The van der Waals surface area contributed by atoms with Crippen molar-refractivity contribution in [1.82, 2.24) is 10.6 Å². The molecule has 0 aliphatic heterocycles. The summed E-state index contributed by atoms with van der Waals surface area (Å²) in [6, 6.07) is 3.88. The number of aryl methyl sites for hydroxylation is 1. The first-order valence-corrected chi connectivity index (χ1v) is 10.4. The Morgan fingerprint density at radius 3 is 2.33 bits per heavy atom. The smallest absolute Gasteiger partial charge is 0.239 e. The van der Waals surface area contributed by atoms with Gasteiger partial charge in [-0.3, -0.25) is 19.2 Å². The first-order chi connectivity index (χ1) is 12.9. The Balaban J connectivity index is 1.56. The zero-order valence-corrected chi connectivity index (χ0v) is 16.7. The van der Waals surface area contributed by atoms with E-state index in [1.54, 1.807) is 6.07 Å². The van der Waals surface area contributed by atoms with Gasteiger partial charge in [-0.15, -0.1) is 11.3 Å². The molecular formula is C20H28N2O4S. The van der Waals surface area contributed by atoms with Crippen molar-refractivity contribution in [1.29, 1.82) is 0 Å². The van der Waals surface area contributed by atoms with E-state index < -0.39 is 0 Å². The fourth-order valence-electron chi connectivity index (χ4n) is 3.13. The number of carbonyl (C=O) groups excluding carboxylic acids is 4. The van der Waals surface area contributed by atoms with Crippen molar-refractivity contribution in [3.63, 3.8) is 0 Å². The van der Waals surface area contributed by atoms with E-state index in [2.05, 4.69) is 10.6 Å². The summed E-state index contributed by atoms with van der Waals surface area (Å²) in [5, 5.41) is 5.48. The van der Waals surface area contributed by atoms with Crippen molar-refractivity contribution in [2.75, 3.05) is 6.54 Å². The minimum absolute atomic E-state index is 0.0368. The summed E-state index contributed by atoms with van der Waals surface area (Å²) in [5.41, 5.74) is 0. The summed E-state index contributed by atoms with van der Waals surface area (Å²) in [7, 11) is 0. The van der Waals surface area contributed by atoms with Gasteiger partial charge in [0.1, 0.15) is 5.78 Å². The molecule has 2 rings (SSSR count). The maximum atomic E-state index is 12.0. The van der Waals surface area contributed by atoms with Gasteiger partial charge in [0.25, 0.3) is 0 Å². The van der Waals surface area contributed by atoms with Crippen LogP contribution in [0.25, 0.3) is 0 Å².